The molecule has 2 aliphatic heterocycles. The number of hydrogen-bond donors (Lipinski definition) is 1. The van der Waals surface area contributed by atoms with Crippen molar-refractivity contribution in [3.8, 4) is 0 Å². The molecular formula is C18H27FN2O. The molecule has 1 unspecified atom stereocenters. The van der Waals surface area contributed by atoms with Gasteiger partial charge in [-0.3, -0.25) is 4.90 Å². The van der Waals surface area contributed by atoms with Crippen molar-refractivity contribution in [2.75, 3.05) is 32.8 Å². The fourth-order valence-electron chi connectivity index (χ4n) is 3.63. The van der Waals surface area contributed by atoms with Crippen molar-refractivity contribution in [2.24, 2.45) is 5.92 Å². The van der Waals surface area contributed by atoms with E-state index in [1.54, 1.807) is 12.1 Å². The van der Waals surface area contributed by atoms with Gasteiger partial charge in [0.15, 0.2) is 0 Å². The van der Waals surface area contributed by atoms with Crippen LogP contribution in [0.15, 0.2) is 24.3 Å². The first-order valence-corrected chi connectivity index (χ1v) is 8.58. The number of nitrogens with one attached hydrogen (secondary N) is 1. The van der Waals surface area contributed by atoms with Crippen LogP contribution in [0.2, 0.25) is 0 Å². The zero-order chi connectivity index (χ0) is 15.2. The molecule has 0 radical (unpaired) electrons. The van der Waals surface area contributed by atoms with Crippen molar-refractivity contribution in [1.29, 1.82) is 0 Å². The maximum atomic E-state index is 13.1. The highest BCUT2D eigenvalue weighted by molar-refractivity contribution is 5.16. The van der Waals surface area contributed by atoms with Gasteiger partial charge in [0.2, 0.25) is 0 Å². The van der Waals surface area contributed by atoms with Crippen LogP contribution < -0.4 is 5.32 Å². The molecule has 0 aromatic heterocycles. The van der Waals surface area contributed by atoms with Gasteiger partial charge in [-0.05, 0) is 62.4 Å². The van der Waals surface area contributed by atoms with Gasteiger partial charge in [0.05, 0.1) is 0 Å². The van der Waals surface area contributed by atoms with Crippen molar-refractivity contribution in [2.45, 2.75) is 38.3 Å². The highest BCUT2D eigenvalue weighted by atomic mass is 19.1. The van der Waals surface area contributed by atoms with Gasteiger partial charge >= 0.3 is 0 Å². The highest BCUT2D eigenvalue weighted by Gasteiger charge is 2.25. The number of halogens is 1. The van der Waals surface area contributed by atoms with Gasteiger partial charge in [0.25, 0.3) is 0 Å². The highest BCUT2D eigenvalue weighted by Crippen LogP contribution is 2.21. The number of piperidine rings is 1. The maximum Gasteiger partial charge on any atom is 0.123 e. The van der Waals surface area contributed by atoms with Crippen LogP contribution in [0.1, 0.15) is 31.2 Å². The van der Waals surface area contributed by atoms with Gasteiger partial charge in [-0.25, -0.2) is 4.39 Å². The van der Waals surface area contributed by atoms with Crippen molar-refractivity contribution in [1.82, 2.24) is 10.2 Å². The van der Waals surface area contributed by atoms with Crippen molar-refractivity contribution in [3.63, 3.8) is 0 Å². The Morgan fingerprint density at radius 1 is 1.14 bits per heavy atom. The Labute approximate surface area is 132 Å². The quantitative estimate of drug-likeness (QED) is 0.905. The summed E-state index contributed by atoms with van der Waals surface area (Å²) in [4.78, 5) is 2.60. The lowest BCUT2D eigenvalue weighted by Crippen LogP contribution is -2.44. The van der Waals surface area contributed by atoms with Crippen molar-refractivity contribution >= 4 is 0 Å². The predicted molar refractivity (Wildman–Crippen MR) is 86.2 cm³/mol. The molecule has 2 aliphatic rings. The fraction of sp³-hybridized carbons (Fsp3) is 0.667. The van der Waals surface area contributed by atoms with Crippen LogP contribution in [-0.4, -0.2) is 43.8 Å². The van der Waals surface area contributed by atoms with E-state index in [9.17, 15) is 4.39 Å². The standard InChI is InChI=1S/C18H27FN2O/c19-17-5-3-15(4-6-17)13-21(18-7-10-22-11-8-18)14-16-2-1-9-20-12-16/h3-6,16,18,20H,1-2,7-14H2. The molecule has 2 saturated heterocycles. The van der Waals surface area contributed by atoms with Crippen LogP contribution in [0.25, 0.3) is 0 Å². The number of nitrogens with zero attached hydrogens (tertiary/aromatic N) is 1. The van der Waals surface area contributed by atoms with Crippen molar-refractivity contribution < 1.29 is 9.13 Å². The predicted octanol–water partition coefficient (Wildman–Crippen LogP) is 2.81. The SMILES string of the molecule is Fc1ccc(CN(CC2CCCNC2)C2CCOCC2)cc1. The summed E-state index contributed by atoms with van der Waals surface area (Å²) in [6, 6.07) is 7.57. The van der Waals surface area contributed by atoms with Crippen molar-refractivity contribution in [3.05, 3.63) is 35.6 Å². The first kappa shape index (κ1) is 15.9. The Kier molecular flexibility index (Phi) is 5.82. The first-order valence-electron chi connectivity index (χ1n) is 8.58. The third kappa shape index (κ3) is 4.51. The van der Waals surface area contributed by atoms with E-state index < -0.39 is 0 Å². The average molecular weight is 306 g/mol. The second-order valence-electron chi connectivity index (χ2n) is 6.61. The van der Waals surface area contributed by atoms with E-state index in [-0.39, 0.29) is 5.82 Å². The zero-order valence-electron chi connectivity index (χ0n) is 13.3. The molecule has 0 saturated carbocycles. The Morgan fingerprint density at radius 2 is 1.91 bits per heavy atom. The lowest BCUT2D eigenvalue weighted by Gasteiger charge is -2.37. The summed E-state index contributed by atoms with van der Waals surface area (Å²) in [5.41, 5.74) is 1.21. The molecule has 0 amide bonds. The summed E-state index contributed by atoms with van der Waals surface area (Å²) >= 11 is 0. The van der Waals surface area contributed by atoms with E-state index in [0.29, 0.717) is 6.04 Å². The molecule has 3 nitrogen and oxygen atoms in total. The minimum Gasteiger partial charge on any atom is -0.381 e. The van der Waals surface area contributed by atoms with Crippen LogP contribution in [0, 0.1) is 11.7 Å². The second-order valence-corrected chi connectivity index (χ2v) is 6.61. The Hall–Kier alpha value is -0.970. The topological polar surface area (TPSA) is 24.5 Å². The Balaban J connectivity index is 1.65. The van der Waals surface area contributed by atoms with Gasteiger partial charge in [-0.1, -0.05) is 12.1 Å². The zero-order valence-corrected chi connectivity index (χ0v) is 13.3. The van der Waals surface area contributed by atoms with Crippen LogP contribution >= 0.6 is 0 Å². The molecule has 1 aromatic carbocycles. The van der Waals surface area contributed by atoms with E-state index in [1.807, 2.05) is 12.1 Å². The van der Waals surface area contributed by atoms with Gasteiger partial charge in [0, 0.05) is 32.3 Å². The number of benzene rings is 1. The molecule has 22 heavy (non-hydrogen) atoms. The summed E-state index contributed by atoms with van der Waals surface area (Å²) in [7, 11) is 0. The van der Waals surface area contributed by atoms with Crippen LogP contribution in [0.5, 0.6) is 0 Å². The summed E-state index contributed by atoms with van der Waals surface area (Å²) in [5.74, 6) is 0.579. The molecule has 0 aliphatic carbocycles. The third-order valence-corrected chi connectivity index (χ3v) is 4.90. The first-order chi connectivity index (χ1) is 10.8. The molecule has 1 N–H and O–H groups in total. The maximum absolute atomic E-state index is 13.1. The monoisotopic (exact) mass is 306 g/mol. The van der Waals surface area contributed by atoms with Crippen LogP contribution in [-0.2, 0) is 11.3 Å². The third-order valence-electron chi connectivity index (χ3n) is 4.90. The molecule has 1 aromatic rings. The molecule has 1 atom stereocenters. The van der Waals surface area contributed by atoms with E-state index in [1.165, 1.54) is 18.4 Å². The minimum absolute atomic E-state index is 0.155. The molecule has 3 rings (SSSR count). The van der Waals surface area contributed by atoms with E-state index in [4.69, 9.17) is 4.74 Å². The average Bonchev–Trinajstić information content (AvgIpc) is 2.58. The van der Waals surface area contributed by atoms with Gasteiger partial charge in [-0.2, -0.15) is 0 Å². The number of rotatable bonds is 5. The molecule has 0 spiro atoms. The summed E-state index contributed by atoms with van der Waals surface area (Å²) in [6.07, 6.45) is 4.82. The van der Waals surface area contributed by atoms with E-state index in [2.05, 4.69) is 10.2 Å². The Bertz CT molecular complexity index is 439. The van der Waals surface area contributed by atoms with Crippen LogP contribution in [0.3, 0.4) is 0 Å². The van der Waals surface area contributed by atoms with Gasteiger partial charge in [0.1, 0.15) is 5.82 Å². The molecular weight excluding hydrogens is 279 g/mol. The molecule has 2 heterocycles. The van der Waals surface area contributed by atoms with E-state index >= 15 is 0 Å². The second kappa shape index (κ2) is 8.04. The minimum atomic E-state index is -0.155. The largest absolute Gasteiger partial charge is 0.381 e. The molecule has 122 valence electrons. The molecule has 0 bridgehead atoms. The number of hydrogen-bond acceptors (Lipinski definition) is 3. The molecule has 2 fully saturated rings. The van der Waals surface area contributed by atoms with Gasteiger partial charge in [-0.15, -0.1) is 0 Å². The summed E-state index contributed by atoms with van der Waals surface area (Å²) in [5, 5.41) is 3.51. The smallest absolute Gasteiger partial charge is 0.123 e. The fourth-order valence-corrected chi connectivity index (χ4v) is 3.63. The number of ether oxygens (including phenoxy) is 1. The lowest BCUT2D eigenvalue weighted by molar-refractivity contribution is 0.0234. The molecule has 4 heteroatoms. The Morgan fingerprint density at radius 3 is 2.59 bits per heavy atom. The lowest BCUT2D eigenvalue weighted by atomic mass is 9.96. The van der Waals surface area contributed by atoms with Gasteiger partial charge < -0.3 is 10.1 Å². The normalized spacial score (nSPS) is 23.8. The van der Waals surface area contributed by atoms with Crippen LogP contribution in [0.4, 0.5) is 4.39 Å². The van der Waals surface area contributed by atoms with E-state index in [0.717, 1.165) is 58.2 Å². The summed E-state index contributed by atoms with van der Waals surface area (Å²) in [6.45, 7) is 6.08. The summed E-state index contributed by atoms with van der Waals surface area (Å²) < 4.78 is 18.6.